The molecule has 0 bridgehead atoms. The Hall–Kier alpha value is -1.91. The van der Waals surface area contributed by atoms with Gasteiger partial charge < -0.3 is 5.32 Å². The lowest BCUT2D eigenvalue weighted by molar-refractivity contribution is 0.627. The van der Waals surface area contributed by atoms with Crippen LogP contribution in [0, 0.1) is 0 Å². The molecule has 0 radical (unpaired) electrons. The molecular weight excluding hydrogens is 238 g/mol. The van der Waals surface area contributed by atoms with E-state index in [0.717, 1.165) is 42.5 Å². The Balaban J connectivity index is 2.20. The molecule has 0 saturated heterocycles. The van der Waals surface area contributed by atoms with Gasteiger partial charge in [-0.05, 0) is 19.1 Å². The Morgan fingerprint density at radius 3 is 2.63 bits per heavy atom. The van der Waals surface area contributed by atoms with Crippen molar-refractivity contribution in [3.63, 3.8) is 0 Å². The fourth-order valence-corrected chi connectivity index (χ4v) is 1.96. The minimum Gasteiger partial charge on any atom is -0.370 e. The van der Waals surface area contributed by atoms with Crippen molar-refractivity contribution in [2.24, 2.45) is 0 Å². The van der Waals surface area contributed by atoms with Crippen LogP contribution in [0.5, 0.6) is 0 Å². The second-order valence-corrected chi connectivity index (χ2v) is 4.35. The van der Waals surface area contributed by atoms with Gasteiger partial charge in [0.1, 0.15) is 11.6 Å². The fraction of sp³-hybridized carbons (Fsp3) is 0.500. The van der Waals surface area contributed by atoms with Crippen LogP contribution >= 0.6 is 0 Å². The van der Waals surface area contributed by atoms with Crippen LogP contribution in [0.4, 0.5) is 5.82 Å². The van der Waals surface area contributed by atoms with Gasteiger partial charge in [-0.3, -0.25) is 0 Å². The van der Waals surface area contributed by atoms with Gasteiger partial charge in [0, 0.05) is 19.4 Å². The van der Waals surface area contributed by atoms with Crippen molar-refractivity contribution in [2.75, 3.05) is 11.9 Å². The third-order valence-electron chi connectivity index (χ3n) is 2.90. The molecule has 2 heterocycles. The van der Waals surface area contributed by atoms with Gasteiger partial charge in [-0.25, -0.2) is 14.6 Å². The molecule has 19 heavy (non-hydrogen) atoms. The number of hydrogen-bond donors (Lipinski definition) is 1. The van der Waals surface area contributed by atoms with E-state index in [4.69, 9.17) is 0 Å². The van der Waals surface area contributed by atoms with Crippen LogP contribution in [-0.2, 0) is 19.4 Å². The summed E-state index contributed by atoms with van der Waals surface area (Å²) in [6.45, 7) is 7.79. The Labute approximate surface area is 114 Å². The molecule has 0 aliphatic rings. The van der Waals surface area contributed by atoms with E-state index in [2.05, 4.69) is 41.2 Å². The van der Waals surface area contributed by atoms with Gasteiger partial charge in [-0.1, -0.05) is 19.9 Å². The van der Waals surface area contributed by atoms with Gasteiger partial charge in [0.15, 0.2) is 5.82 Å². The molecule has 0 amide bonds. The van der Waals surface area contributed by atoms with Crippen molar-refractivity contribution in [2.45, 2.75) is 40.2 Å². The molecule has 0 aliphatic heterocycles. The van der Waals surface area contributed by atoms with Gasteiger partial charge >= 0.3 is 0 Å². The average molecular weight is 259 g/mol. The predicted octanol–water partition coefficient (Wildman–Crippen LogP) is 2.28. The number of rotatable bonds is 6. The average Bonchev–Trinajstić information content (AvgIpc) is 2.82. The number of hydrogen-bond acceptors (Lipinski definition) is 4. The van der Waals surface area contributed by atoms with Crippen LogP contribution in [-0.4, -0.2) is 26.3 Å². The summed E-state index contributed by atoms with van der Waals surface area (Å²) in [5.74, 6) is 2.83. The molecule has 5 heteroatoms. The molecule has 102 valence electrons. The van der Waals surface area contributed by atoms with Gasteiger partial charge in [0.25, 0.3) is 0 Å². The summed E-state index contributed by atoms with van der Waals surface area (Å²) < 4.78 is 1.96. The topological polar surface area (TPSA) is 55.6 Å². The SMILES string of the molecule is CCNc1cccc(Cn2nc(CC)nc2CC)n1. The Kier molecular flexibility index (Phi) is 4.49. The summed E-state index contributed by atoms with van der Waals surface area (Å²) in [5.41, 5.74) is 1.00. The Morgan fingerprint density at radius 2 is 1.95 bits per heavy atom. The minimum absolute atomic E-state index is 0.676. The van der Waals surface area contributed by atoms with Crippen molar-refractivity contribution in [1.82, 2.24) is 19.7 Å². The second-order valence-electron chi connectivity index (χ2n) is 4.35. The lowest BCUT2D eigenvalue weighted by Gasteiger charge is -2.07. The first kappa shape index (κ1) is 13.5. The van der Waals surface area contributed by atoms with Crippen molar-refractivity contribution in [3.8, 4) is 0 Å². The first-order valence-electron chi connectivity index (χ1n) is 6.89. The number of nitrogens with one attached hydrogen (secondary N) is 1. The van der Waals surface area contributed by atoms with Crippen LogP contribution in [0.25, 0.3) is 0 Å². The lowest BCUT2D eigenvalue weighted by Crippen LogP contribution is -2.09. The summed E-state index contributed by atoms with van der Waals surface area (Å²) in [6.07, 6.45) is 1.75. The second kappa shape index (κ2) is 6.31. The molecule has 0 saturated carbocycles. The van der Waals surface area contributed by atoms with E-state index in [1.54, 1.807) is 0 Å². The molecule has 0 atom stereocenters. The van der Waals surface area contributed by atoms with E-state index in [9.17, 15) is 0 Å². The summed E-state index contributed by atoms with van der Waals surface area (Å²) in [7, 11) is 0. The van der Waals surface area contributed by atoms with Crippen molar-refractivity contribution >= 4 is 5.82 Å². The number of nitrogens with zero attached hydrogens (tertiary/aromatic N) is 4. The molecule has 2 rings (SSSR count). The molecule has 0 spiro atoms. The van der Waals surface area contributed by atoms with Crippen LogP contribution in [0.2, 0.25) is 0 Å². The van der Waals surface area contributed by atoms with E-state index < -0.39 is 0 Å². The number of aryl methyl sites for hydroxylation is 2. The van der Waals surface area contributed by atoms with Crippen molar-refractivity contribution in [3.05, 3.63) is 35.5 Å². The quantitative estimate of drug-likeness (QED) is 0.864. The van der Waals surface area contributed by atoms with Gasteiger partial charge in [-0.15, -0.1) is 0 Å². The summed E-state index contributed by atoms with van der Waals surface area (Å²) in [5, 5.41) is 7.74. The van der Waals surface area contributed by atoms with Gasteiger partial charge in [0.2, 0.25) is 0 Å². The van der Waals surface area contributed by atoms with Crippen LogP contribution in [0.3, 0.4) is 0 Å². The Morgan fingerprint density at radius 1 is 1.11 bits per heavy atom. The van der Waals surface area contributed by atoms with E-state index in [0.29, 0.717) is 6.54 Å². The van der Waals surface area contributed by atoms with Crippen LogP contribution in [0.15, 0.2) is 18.2 Å². The molecule has 5 nitrogen and oxygen atoms in total. The maximum absolute atomic E-state index is 4.57. The molecule has 0 aromatic carbocycles. The lowest BCUT2D eigenvalue weighted by atomic mass is 10.3. The molecule has 0 unspecified atom stereocenters. The normalized spacial score (nSPS) is 10.7. The van der Waals surface area contributed by atoms with Crippen LogP contribution < -0.4 is 5.32 Å². The zero-order chi connectivity index (χ0) is 13.7. The molecule has 2 aromatic rings. The zero-order valence-electron chi connectivity index (χ0n) is 11.8. The zero-order valence-corrected chi connectivity index (χ0v) is 11.8. The highest BCUT2D eigenvalue weighted by molar-refractivity contribution is 5.35. The van der Waals surface area contributed by atoms with Crippen molar-refractivity contribution in [1.29, 1.82) is 0 Å². The largest absolute Gasteiger partial charge is 0.370 e. The minimum atomic E-state index is 0.676. The van der Waals surface area contributed by atoms with E-state index in [-0.39, 0.29) is 0 Å². The van der Waals surface area contributed by atoms with E-state index in [1.165, 1.54) is 0 Å². The third-order valence-corrected chi connectivity index (χ3v) is 2.90. The van der Waals surface area contributed by atoms with Gasteiger partial charge in [0.05, 0.1) is 12.2 Å². The number of pyridine rings is 1. The van der Waals surface area contributed by atoms with Gasteiger partial charge in [-0.2, -0.15) is 5.10 Å². The van der Waals surface area contributed by atoms with Crippen molar-refractivity contribution < 1.29 is 0 Å². The summed E-state index contributed by atoms with van der Waals surface area (Å²) in [4.78, 5) is 9.08. The fourth-order valence-electron chi connectivity index (χ4n) is 1.96. The highest BCUT2D eigenvalue weighted by Gasteiger charge is 2.08. The Bertz CT molecular complexity index is 532. The van der Waals surface area contributed by atoms with Crippen LogP contribution in [0.1, 0.15) is 38.1 Å². The predicted molar refractivity (Wildman–Crippen MR) is 76.3 cm³/mol. The highest BCUT2D eigenvalue weighted by Crippen LogP contribution is 2.08. The standard InChI is InChI=1S/C14H21N5/c1-4-12-17-14(5-2)19(18-12)10-11-8-7-9-13(16-11)15-6-3/h7-9H,4-6,10H2,1-3H3,(H,15,16). The molecule has 0 aliphatic carbocycles. The molecular formula is C14H21N5. The molecule has 0 fully saturated rings. The summed E-state index contributed by atoms with van der Waals surface area (Å²) >= 11 is 0. The first-order chi connectivity index (χ1) is 9.26. The maximum Gasteiger partial charge on any atom is 0.150 e. The molecule has 1 N–H and O–H groups in total. The van der Waals surface area contributed by atoms with E-state index in [1.807, 2.05) is 22.9 Å². The monoisotopic (exact) mass is 259 g/mol. The highest BCUT2D eigenvalue weighted by atomic mass is 15.3. The smallest absolute Gasteiger partial charge is 0.150 e. The first-order valence-corrected chi connectivity index (χ1v) is 6.89. The summed E-state index contributed by atoms with van der Waals surface area (Å²) in [6, 6.07) is 6.02. The maximum atomic E-state index is 4.57. The van der Waals surface area contributed by atoms with E-state index >= 15 is 0 Å². The number of anilines is 1. The number of aromatic nitrogens is 4. The molecule has 2 aromatic heterocycles. The third kappa shape index (κ3) is 3.30.